The van der Waals surface area contributed by atoms with Crippen LogP contribution in [0.25, 0.3) is 11.8 Å². The Labute approximate surface area is 437 Å². The molecule has 2 aromatic carbocycles. The maximum Gasteiger partial charge on any atom is 1.00 e. The number of carboxylic acids is 2. The molecule has 1 aromatic heterocycles. The van der Waals surface area contributed by atoms with E-state index in [4.69, 9.17) is 0 Å². The van der Waals surface area contributed by atoms with Gasteiger partial charge in [-0.25, -0.2) is 21.5 Å². The minimum Gasteiger partial charge on any atom is -0.744 e. The number of nitrogens with one attached hydrogen (secondary N) is 1. The summed E-state index contributed by atoms with van der Waals surface area (Å²) in [6.07, 6.45) is 5.67. The molecular formula is C25H14K4N4O12S2. The summed E-state index contributed by atoms with van der Waals surface area (Å²) in [4.78, 5) is 47.6. The van der Waals surface area contributed by atoms with Crippen LogP contribution in [0.3, 0.4) is 0 Å². The summed E-state index contributed by atoms with van der Waals surface area (Å²) in [6, 6.07) is 8.01. The van der Waals surface area contributed by atoms with Crippen LogP contribution in [0.15, 0.2) is 98.1 Å². The van der Waals surface area contributed by atoms with E-state index in [1.54, 1.807) is 0 Å². The van der Waals surface area contributed by atoms with E-state index in [0.29, 0.717) is 5.01 Å². The molecule has 47 heavy (non-hydrogen) atoms. The molecule has 4 rings (SSSR count). The van der Waals surface area contributed by atoms with Crippen LogP contribution < -0.4 is 226 Å². The van der Waals surface area contributed by atoms with E-state index in [-0.39, 0.29) is 222 Å². The van der Waals surface area contributed by atoms with Crippen LogP contribution in [0.2, 0.25) is 0 Å². The van der Waals surface area contributed by atoms with Gasteiger partial charge in [0.05, 0.1) is 49.9 Å². The Morgan fingerprint density at radius 3 is 1.66 bits per heavy atom. The third kappa shape index (κ3) is 12.1. The SMILES string of the molecule is O=C([O-])C1=NN(c2ccc(S(=O)(=O)[O-])cc2)C(=O)/C1=C/C=C/C=C/c1c(C(=O)[O-])[nH]n(-c2ccc(S(=O)(=O)[O-])cc2)c1=O.[K+].[K+].[K+].[K+]. The average Bonchev–Trinajstić information content (AvgIpc) is 3.44. The van der Waals surface area contributed by atoms with E-state index in [1.807, 2.05) is 0 Å². The number of H-pyrrole nitrogens is 1. The third-order valence-corrected chi connectivity index (χ3v) is 7.40. The fraction of sp³-hybridized carbons (Fsp3) is 0. The molecule has 1 N–H and O–H groups in total. The first-order chi connectivity index (χ1) is 20.1. The summed E-state index contributed by atoms with van der Waals surface area (Å²) in [7, 11) is -9.53. The molecule has 1 aliphatic rings. The standard InChI is InChI=1S/C25H18N4O12S2.4K/c30-22-18(20(24(32)33)26-28(22)14-6-10-16(11-7-14)42(36,37)38)4-2-1-3-5-19-21(25(34)35)27-29(23(19)31)15-8-12-17(13-9-15)43(39,40)41;;;;/h1-13,26H,(H,32,33)(H,34,35)(H,36,37,38)(H,39,40,41);;;;/q;4*+1/p-4/b3-1+,4-2+,19-5+;;;;. The number of hydrazone groups is 1. The Hall–Kier alpha value is 1.12. The number of aliphatic carboxylic acids is 1. The number of carboxylic acid groups (broad SMARTS) is 2. The molecule has 16 nitrogen and oxygen atoms in total. The van der Waals surface area contributed by atoms with Gasteiger partial charge in [-0.3, -0.25) is 14.7 Å². The first-order valence-electron chi connectivity index (χ1n) is 11.5. The van der Waals surface area contributed by atoms with E-state index >= 15 is 0 Å². The molecule has 1 aliphatic heterocycles. The average molecular weight is 783 g/mol. The largest absolute Gasteiger partial charge is 1.00 e. The second-order valence-electron chi connectivity index (χ2n) is 8.40. The third-order valence-electron chi connectivity index (χ3n) is 5.70. The number of amides is 1. The number of aromatic amines is 1. The second kappa shape index (κ2) is 20.4. The number of allylic oxidation sites excluding steroid dienone is 4. The first kappa shape index (κ1) is 48.1. The Balaban J connectivity index is 0.00000529. The Kier molecular flexibility index (Phi) is 20.9. The number of benzene rings is 2. The summed E-state index contributed by atoms with van der Waals surface area (Å²) in [5.41, 5.74) is -3.16. The molecule has 0 saturated heterocycles. The zero-order chi connectivity index (χ0) is 31.7. The van der Waals surface area contributed by atoms with E-state index < -0.39 is 70.4 Å². The van der Waals surface area contributed by atoms with Gasteiger partial charge in [-0.1, -0.05) is 18.2 Å². The van der Waals surface area contributed by atoms with Gasteiger partial charge in [0.2, 0.25) is 0 Å². The molecular weight excluding hydrogens is 769 g/mol. The predicted molar refractivity (Wildman–Crippen MR) is 139 cm³/mol. The van der Waals surface area contributed by atoms with E-state index in [0.717, 1.165) is 65.4 Å². The number of aromatic carboxylic acids is 1. The molecule has 0 bridgehead atoms. The molecule has 1 amide bonds. The monoisotopic (exact) mass is 782 g/mol. The normalized spacial score (nSPS) is 13.8. The van der Waals surface area contributed by atoms with Gasteiger partial charge in [0.25, 0.3) is 11.5 Å². The molecule has 0 aliphatic carbocycles. The fourth-order valence-corrected chi connectivity index (χ4v) is 4.66. The van der Waals surface area contributed by atoms with Crippen LogP contribution in [0.4, 0.5) is 5.69 Å². The zero-order valence-electron chi connectivity index (χ0n) is 25.1. The maximum atomic E-state index is 12.8. The molecule has 0 unspecified atom stereocenters. The van der Waals surface area contributed by atoms with Crippen molar-refractivity contribution in [1.82, 2.24) is 9.78 Å². The predicted octanol–water partition coefficient (Wildman–Crippen LogP) is -14.0. The van der Waals surface area contributed by atoms with Gasteiger partial charge in [0.15, 0.2) is 0 Å². The number of carbonyl (C=O) groups excluding carboxylic acids is 3. The maximum absolute atomic E-state index is 12.8. The summed E-state index contributed by atoms with van der Waals surface area (Å²) in [6.45, 7) is 0. The minimum absolute atomic E-state index is 0. The van der Waals surface area contributed by atoms with Crippen molar-refractivity contribution in [2.75, 3.05) is 5.01 Å². The summed E-state index contributed by atoms with van der Waals surface area (Å²) < 4.78 is 67.5. The smallest absolute Gasteiger partial charge is 0.744 e. The summed E-state index contributed by atoms with van der Waals surface area (Å²) >= 11 is 0. The molecule has 0 saturated carbocycles. The van der Waals surface area contributed by atoms with Gasteiger partial charge in [-0.2, -0.15) is 10.1 Å². The van der Waals surface area contributed by atoms with Gasteiger partial charge < -0.3 is 28.9 Å². The van der Waals surface area contributed by atoms with Crippen LogP contribution in [0.5, 0.6) is 0 Å². The number of hydrogen-bond donors (Lipinski definition) is 1. The fourth-order valence-electron chi connectivity index (χ4n) is 3.72. The van der Waals surface area contributed by atoms with E-state index in [9.17, 15) is 55.3 Å². The van der Waals surface area contributed by atoms with Gasteiger partial charge in [0.1, 0.15) is 25.9 Å². The molecule has 2 heterocycles. The topological polar surface area (TPSA) is 265 Å². The van der Waals surface area contributed by atoms with Gasteiger partial charge >= 0.3 is 206 Å². The number of anilines is 1. The van der Waals surface area contributed by atoms with Crippen LogP contribution in [-0.4, -0.2) is 59.3 Å². The molecule has 0 spiro atoms. The number of carbonyl (C=O) groups is 3. The molecule has 0 radical (unpaired) electrons. The zero-order valence-corrected chi connectivity index (χ0v) is 39.2. The van der Waals surface area contributed by atoms with Crippen molar-refractivity contribution in [1.29, 1.82) is 0 Å². The summed E-state index contributed by atoms with van der Waals surface area (Å²) in [5, 5.41) is 29.8. The van der Waals surface area contributed by atoms with Crippen molar-refractivity contribution in [2.45, 2.75) is 9.79 Å². The Morgan fingerprint density at radius 1 is 0.723 bits per heavy atom. The minimum atomic E-state index is -4.77. The molecule has 3 aromatic rings. The molecule has 222 valence electrons. The molecule has 0 atom stereocenters. The van der Waals surface area contributed by atoms with Crippen LogP contribution in [0, 0.1) is 0 Å². The number of hydrogen-bond acceptors (Lipinski definition) is 13. The molecule has 0 fully saturated rings. The quantitative estimate of drug-likeness (QED) is 0.0918. The number of rotatable bonds is 9. The van der Waals surface area contributed by atoms with Gasteiger partial charge in [-0.15, -0.1) is 0 Å². The number of aromatic nitrogens is 2. The van der Waals surface area contributed by atoms with Gasteiger partial charge in [0, 0.05) is 0 Å². The molecule has 22 heteroatoms. The van der Waals surface area contributed by atoms with Crippen molar-refractivity contribution >= 4 is 55.6 Å². The first-order valence-corrected chi connectivity index (χ1v) is 14.3. The van der Waals surface area contributed by atoms with Crippen molar-refractivity contribution in [3.8, 4) is 5.69 Å². The Bertz CT molecular complexity index is 2070. The van der Waals surface area contributed by atoms with Gasteiger partial charge in [-0.05, 0) is 60.7 Å². The van der Waals surface area contributed by atoms with Crippen molar-refractivity contribution in [3.05, 3.63) is 100 Å². The van der Waals surface area contributed by atoms with Crippen LogP contribution in [-0.2, 0) is 29.8 Å². The van der Waals surface area contributed by atoms with E-state index in [1.165, 1.54) is 18.2 Å². The van der Waals surface area contributed by atoms with Crippen molar-refractivity contribution in [3.63, 3.8) is 0 Å². The second-order valence-corrected chi connectivity index (χ2v) is 11.2. The number of nitrogens with zero attached hydrogens (tertiary/aromatic N) is 3. The Morgan fingerprint density at radius 2 is 1.21 bits per heavy atom. The van der Waals surface area contributed by atoms with Crippen molar-refractivity contribution in [2.24, 2.45) is 5.10 Å². The summed E-state index contributed by atoms with van der Waals surface area (Å²) in [5.74, 6) is -4.50. The van der Waals surface area contributed by atoms with E-state index in [2.05, 4.69) is 10.2 Å². The van der Waals surface area contributed by atoms with Crippen LogP contribution >= 0.6 is 0 Å². The van der Waals surface area contributed by atoms with Crippen LogP contribution in [0.1, 0.15) is 16.1 Å². The van der Waals surface area contributed by atoms with Crippen molar-refractivity contribution < 1.29 is 256 Å².